The van der Waals surface area contributed by atoms with Crippen LogP contribution in [0, 0.1) is 0 Å². The number of rotatable bonds is 4. The van der Waals surface area contributed by atoms with Crippen LogP contribution in [0.4, 0.5) is 4.79 Å². The number of methoxy groups -OCH3 is 1. The van der Waals surface area contributed by atoms with Crippen molar-refractivity contribution >= 4 is 45.9 Å². The highest BCUT2D eigenvalue weighted by Crippen LogP contribution is 2.35. The number of nitrogens with zero attached hydrogens (tertiary/aromatic N) is 2. The van der Waals surface area contributed by atoms with Gasteiger partial charge in [0.2, 0.25) is 0 Å². The molecule has 1 aromatic heterocycles. The Hall–Kier alpha value is -2.54. The van der Waals surface area contributed by atoms with Crippen LogP contribution in [0.1, 0.15) is 19.4 Å². The quantitative estimate of drug-likeness (QED) is 0.620. The predicted molar refractivity (Wildman–Crippen MR) is 96.9 cm³/mol. The van der Waals surface area contributed by atoms with Crippen molar-refractivity contribution in [3.05, 3.63) is 40.9 Å². The van der Waals surface area contributed by atoms with Crippen LogP contribution >= 0.6 is 11.8 Å². The zero-order valence-corrected chi connectivity index (χ0v) is 15.0. The maximum Gasteiger partial charge on any atom is 0.325 e. The van der Waals surface area contributed by atoms with Crippen LogP contribution in [0.2, 0.25) is 0 Å². The molecule has 0 bridgehead atoms. The Bertz CT molecular complexity index is 898. The molecule has 2 heterocycles. The fraction of sp³-hybridized carbons (Fsp3) is 0.278. The van der Waals surface area contributed by atoms with E-state index in [1.807, 2.05) is 38.1 Å². The number of thioether (sulfide) groups is 1. The number of ether oxygens (including phenoxy) is 1. The molecule has 0 radical (unpaired) electrons. The van der Waals surface area contributed by atoms with Crippen molar-refractivity contribution in [2.75, 3.05) is 7.11 Å². The first-order chi connectivity index (χ1) is 11.9. The minimum Gasteiger partial charge on any atom is -0.468 e. The molecule has 0 spiro atoms. The molecule has 0 saturated carbocycles. The Morgan fingerprint density at radius 1 is 1.28 bits per heavy atom. The summed E-state index contributed by atoms with van der Waals surface area (Å²) in [7, 11) is 1.34. The summed E-state index contributed by atoms with van der Waals surface area (Å²) < 4.78 is 6.51. The maximum atomic E-state index is 12.5. The summed E-state index contributed by atoms with van der Waals surface area (Å²) in [6, 6.07) is 7.41. The third kappa shape index (κ3) is 3.19. The van der Waals surface area contributed by atoms with E-state index < -0.39 is 0 Å². The first-order valence-corrected chi connectivity index (χ1v) is 8.65. The van der Waals surface area contributed by atoms with Crippen LogP contribution < -0.4 is 0 Å². The maximum absolute atomic E-state index is 12.5. The molecule has 130 valence electrons. The van der Waals surface area contributed by atoms with Crippen LogP contribution in [-0.4, -0.2) is 39.7 Å². The first-order valence-electron chi connectivity index (χ1n) is 7.84. The molecule has 1 aliphatic heterocycles. The van der Waals surface area contributed by atoms with E-state index >= 15 is 0 Å². The van der Waals surface area contributed by atoms with Gasteiger partial charge in [0, 0.05) is 28.7 Å². The Morgan fingerprint density at radius 3 is 2.64 bits per heavy atom. The summed E-state index contributed by atoms with van der Waals surface area (Å²) in [5, 5.41) is 0.646. The summed E-state index contributed by atoms with van der Waals surface area (Å²) in [5.74, 6) is -0.637. The van der Waals surface area contributed by atoms with Crippen LogP contribution in [-0.2, 0) is 20.9 Å². The van der Waals surface area contributed by atoms with Crippen molar-refractivity contribution in [2.45, 2.75) is 26.4 Å². The fourth-order valence-electron chi connectivity index (χ4n) is 2.79. The molecular formula is C18H18N2O4S. The van der Waals surface area contributed by atoms with Gasteiger partial charge in [-0.2, -0.15) is 0 Å². The molecule has 0 N–H and O–H groups in total. The summed E-state index contributed by atoms with van der Waals surface area (Å²) in [5.41, 5.74) is 1.65. The van der Waals surface area contributed by atoms with Crippen molar-refractivity contribution in [3.63, 3.8) is 0 Å². The van der Waals surface area contributed by atoms with Gasteiger partial charge in [-0.05, 0) is 37.8 Å². The van der Waals surface area contributed by atoms with Gasteiger partial charge in [-0.1, -0.05) is 18.2 Å². The number of carbonyl (C=O) groups is 3. The van der Waals surface area contributed by atoms with Crippen LogP contribution in [0.25, 0.3) is 17.0 Å². The van der Waals surface area contributed by atoms with Gasteiger partial charge in [0.05, 0.1) is 12.0 Å². The molecule has 0 unspecified atom stereocenters. The molecule has 7 heteroatoms. The van der Waals surface area contributed by atoms with Gasteiger partial charge >= 0.3 is 5.97 Å². The van der Waals surface area contributed by atoms with E-state index in [0.717, 1.165) is 28.2 Å². The summed E-state index contributed by atoms with van der Waals surface area (Å²) in [4.78, 5) is 37.8. The topological polar surface area (TPSA) is 68.6 Å². The van der Waals surface area contributed by atoms with E-state index in [-0.39, 0.29) is 29.7 Å². The first kappa shape index (κ1) is 17.3. The molecule has 6 nitrogen and oxygen atoms in total. The van der Waals surface area contributed by atoms with E-state index in [9.17, 15) is 14.4 Å². The van der Waals surface area contributed by atoms with Gasteiger partial charge in [-0.25, -0.2) is 0 Å². The van der Waals surface area contributed by atoms with Gasteiger partial charge < -0.3 is 9.30 Å². The van der Waals surface area contributed by atoms with Gasteiger partial charge in [-0.15, -0.1) is 0 Å². The van der Waals surface area contributed by atoms with Crippen molar-refractivity contribution in [2.24, 2.45) is 0 Å². The molecule has 1 aromatic carbocycles. The number of hydrogen-bond donors (Lipinski definition) is 0. The third-order valence-corrected chi connectivity index (χ3v) is 4.86. The van der Waals surface area contributed by atoms with Crippen molar-refractivity contribution in [1.82, 2.24) is 9.47 Å². The summed E-state index contributed by atoms with van der Waals surface area (Å²) >= 11 is 0.939. The van der Waals surface area contributed by atoms with E-state index in [1.165, 1.54) is 12.0 Å². The number of aromatic nitrogens is 1. The van der Waals surface area contributed by atoms with E-state index in [1.54, 1.807) is 16.8 Å². The molecule has 1 aliphatic rings. The third-order valence-electron chi connectivity index (χ3n) is 3.97. The number of para-hydroxylation sites is 1. The minimum atomic E-state index is -0.354. The van der Waals surface area contributed by atoms with Crippen LogP contribution in [0.5, 0.6) is 0 Å². The molecule has 25 heavy (non-hydrogen) atoms. The average molecular weight is 358 g/mol. The van der Waals surface area contributed by atoms with E-state index in [0.29, 0.717) is 4.91 Å². The summed E-state index contributed by atoms with van der Waals surface area (Å²) in [6.45, 7) is 3.70. The minimum absolute atomic E-state index is 0.0817. The number of imide groups is 1. The normalized spacial score (nSPS) is 16.5. The van der Waals surface area contributed by atoms with Crippen molar-refractivity contribution in [3.8, 4) is 0 Å². The Kier molecular flexibility index (Phi) is 4.67. The second-order valence-corrected chi connectivity index (χ2v) is 6.94. The largest absolute Gasteiger partial charge is 0.468 e. The number of amides is 2. The molecule has 0 atom stereocenters. The molecule has 3 rings (SSSR count). The molecule has 2 amide bonds. The zero-order valence-electron chi connectivity index (χ0n) is 14.2. The lowest BCUT2D eigenvalue weighted by Gasteiger charge is -2.16. The Balaban J connectivity index is 2.04. The molecule has 0 aliphatic carbocycles. The lowest BCUT2D eigenvalue weighted by atomic mass is 10.1. The highest BCUT2D eigenvalue weighted by atomic mass is 32.2. The van der Waals surface area contributed by atoms with E-state index in [4.69, 9.17) is 4.74 Å². The van der Waals surface area contributed by atoms with Gasteiger partial charge in [-0.3, -0.25) is 19.3 Å². The molecular weight excluding hydrogens is 340 g/mol. The number of fused-ring (bicyclic) bond motifs is 1. The van der Waals surface area contributed by atoms with Crippen molar-refractivity contribution < 1.29 is 19.1 Å². The average Bonchev–Trinajstić information content (AvgIpc) is 3.05. The molecule has 2 aromatic rings. The van der Waals surface area contributed by atoms with Crippen LogP contribution in [0.3, 0.4) is 0 Å². The Morgan fingerprint density at radius 2 is 2.00 bits per heavy atom. The second kappa shape index (κ2) is 6.76. The van der Waals surface area contributed by atoms with Gasteiger partial charge in [0.15, 0.2) is 0 Å². The molecule has 1 saturated heterocycles. The Labute approximate surface area is 149 Å². The highest BCUT2D eigenvalue weighted by molar-refractivity contribution is 8.18. The van der Waals surface area contributed by atoms with Crippen LogP contribution in [0.15, 0.2) is 35.4 Å². The van der Waals surface area contributed by atoms with Crippen molar-refractivity contribution in [1.29, 1.82) is 0 Å². The SMILES string of the molecule is COC(=O)Cn1cc(/C=C2/SC(=O)N(C(C)C)C2=O)c2ccccc21. The van der Waals surface area contributed by atoms with Gasteiger partial charge in [0.1, 0.15) is 6.54 Å². The number of esters is 1. The fourth-order valence-corrected chi connectivity index (χ4v) is 3.74. The zero-order chi connectivity index (χ0) is 18.1. The highest BCUT2D eigenvalue weighted by Gasteiger charge is 2.36. The number of benzene rings is 1. The predicted octanol–water partition coefficient (Wildman–Crippen LogP) is 3.26. The second-order valence-electron chi connectivity index (χ2n) is 5.95. The number of hydrogen-bond acceptors (Lipinski definition) is 5. The smallest absolute Gasteiger partial charge is 0.325 e. The monoisotopic (exact) mass is 358 g/mol. The lowest BCUT2D eigenvalue weighted by Crippen LogP contribution is -2.34. The van der Waals surface area contributed by atoms with Gasteiger partial charge in [0.25, 0.3) is 11.1 Å². The standard InChI is InChI=1S/C18H18N2O4S/c1-11(2)20-17(22)15(25-18(20)23)8-12-9-19(10-16(21)24-3)14-7-5-4-6-13(12)14/h4-9,11H,10H2,1-3H3/b15-8+. The number of carbonyl (C=O) groups excluding carboxylic acids is 3. The lowest BCUT2D eigenvalue weighted by molar-refractivity contribution is -0.141. The summed E-state index contributed by atoms with van der Waals surface area (Å²) in [6.07, 6.45) is 3.51. The molecule has 1 fully saturated rings. The van der Waals surface area contributed by atoms with E-state index in [2.05, 4.69) is 0 Å².